The lowest BCUT2D eigenvalue weighted by Crippen LogP contribution is -2.22. The van der Waals surface area contributed by atoms with Gasteiger partial charge in [0.1, 0.15) is 0 Å². The molecule has 2 aromatic carbocycles. The summed E-state index contributed by atoms with van der Waals surface area (Å²) in [6.07, 6.45) is 1.55. The molecule has 3 aromatic rings. The zero-order valence-corrected chi connectivity index (χ0v) is 15.4. The molecule has 0 aliphatic carbocycles. The number of aromatic nitrogens is 2. The number of Topliss-reactive ketones (excluding diaryl/α,β-unsaturated/α-hetero) is 1. The molecule has 5 heteroatoms. The molecular weight excluding hydrogens is 336 g/mol. The Hall–Kier alpha value is -2.46. The van der Waals surface area contributed by atoms with Crippen LogP contribution in [0, 0.1) is 20.8 Å². The zero-order valence-electron chi connectivity index (χ0n) is 14.7. The van der Waals surface area contributed by atoms with E-state index < -0.39 is 0 Å². The van der Waals surface area contributed by atoms with Crippen molar-refractivity contribution in [3.05, 3.63) is 73.8 Å². The third-order valence-corrected chi connectivity index (χ3v) is 4.83. The predicted octanol–water partition coefficient (Wildman–Crippen LogP) is 4.23. The van der Waals surface area contributed by atoms with E-state index in [1.807, 2.05) is 26.8 Å². The lowest BCUT2D eigenvalue weighted by Gasteiger charge is -2.17. The fourth-order valence-electron chi connectivity index (χ4n) is 3.43. The molecule has 0 unspecified atom stereocenters. The number of halogens is 1. The Morgan fingerprint density at radius 3 is 2.56 bits per heavy atom. The molecule has 0 atom stereocenters. The van der Waals surface area contributed by atoms with Crippen LogP contribution in [-0.2, 0) is 6.54 Å². The summed E-state index contributed by atoms with van der Waals surface area (Å²) in [7, 11) is 0. The summed E-state index contributed by atoms with van der Waals surface area (Å²) >= 11 is 6.01. The molecule has 0 aliphatic rings. The van der Waals surface area contributed by atoms with Gasteiger partial charge in [0.2, 0.25) is 0 Å². The maximum atomic E-state index is 12.8. The first-order valence-corrected chi connectivity index (χ1v) is 8.42. The van der Waals surface area contributed by atoms with Crippen molar-refractivity contribution in [2.24, 2.45) is 0 Å². The van der Waals surface area contributed by atoms with Crippen molar-refractivity contribution in [3.8, 4) is 0 Å². The monoisotopic (exact) mass is 354 g/mol. The predicted molar refractivity (Wildman–Crippen MR) is 101 cm³/mol. The standard InChI is InChI=1S/C20H19ClN2O2/c1-11-7-12(2)19(14(4)24)13(3)17(11)9-23-10-22-18-6-5-15(21)8-16(18)20(23)25/h5-8,10H,9H2,1-4H3. The maximum absolute atomic E-state index is 12.8. The number of nitrogens with zero attached hydrogens (tertiary/aromatic N) is 2. The molecule has 0 saturated carbocycles. The van der Waals surface area contributed by atoms with E-state index >= 15 is 0 Å². The van der Waals surface area contributed by atoms with Crippen molar-refractivity contribution in [1.29, 1.82) is 0 Å². The average molecular weight is 355 g/mol. The van der Waals surface area contributed by atoms with Gasteiger partial charge in [0.25, 0.3) is 5.56 Å². The molecular formula is C20H19ClN2O2. The molecule has 25 heavy (non-hydrogen) atoms. The quantitative estimate of drug-likeness (QED) is 0.661. The second-order valence-corrected chi connectivity index (χ2v) is 6.82. The zero-order chi connectivity index (χ0) is 18.3. The number of rotatable bonds is 3. The van der Waals surface area contributed by atoms with Gasteiger partial charge in [-0.2, -0.15) is 0 Å². The van der Waals surface area contributed by atoms with Gasteiger partial charge in [-0.1, -0.05) is 17.7 Å². The van der Waals surface area contributed by atoms with Gasteiger partial charge in [-0.25, -0.2) is 4.98 Å². The van der Waals surface area contributed by atoms with Gasteiger partial charge >= 0.3 is 0 Å². The van der Waals surface area contributed by atoms with E-state index in [1.165, 1.54) is 0 Å². The highest BCUT2D eigenvalue weighted by Crippen LogP contribution is 2.24. The summed E-state index contributed by atoms with van der Waals surface area (Å²) in [5.41, 5.74) is 5.11. The second-order valence-electron chi connectivity index (χ2n) is 6.38. The first-order valence-electron chi connectivity index (χ1n) is 8.05. The van der Waals surface area contributed by atoms with E-state index in [2.05, 4.69) is 4.98 Å². The van der Waals surface area contributed by atoms with Crippen LogP contribution >= 0.6 is 11.6 Å². The number of hydrogen-bond acceptors (Lipinski definition) is 3. The van der Waals surface area contributed by atoms with Gasteiger partial charge < -0.3 is 0 Å². The summed E-state index contributed by atoms with van der Waals surface area (Å²) in [5, 5.41) is 0.995. The summed E-state index contributed by atoms with van der Waals surface area (Å²) in [6, 6.07) is 7.09. The number of carbonyl (C=O) groups excluding carboxylic acids is 1. The maximum Gasteiger partial charge on any atom is 0.261 e. The second kappa shape index (κ2) is 6.45. The Morgan fingerprint density at radius 2 is 1.88 bits per heavy atom. The molecule has 0 amide bonds. The molecule has 0 saturated heterocycles. The fraction of sp³-hybridized carbons (Fsp3) is 0.250. The van der Waals surface area contributed by atoms with E-state index in [9.17, 15) is 9.59 Å². The van der Waals surface area contributed by atoms with Crippen molar-refractivity contribution in [3.63, 3.8) is 0 Å². The number of aryl methyl sites for hydroxylation is 2. The van der Waals surface area contributed by atoms with Crippen LogP contribution in [0.5, 0.6) is 0 Å². The lowest BCUT2D eigenvalue weighted by molar-refractivity contribution is 0.101. The average Bonchev–Trinajstić information content (AvgIpc) is 2.53. The van der Waals surface area contributed by atoms with Crippen molar-refractivity contribution in [1.82, 2.24) is 9.55 Å². The highest BCUT2D eigenvalue weighted by molar-refractivity contribution is 6.31. The number of fused-ring (bicyclic) bond motifs is 1. The Balaban J connectivity index is 2.17. The molecule has 128 valence electrons. The molecule has 0 aliphatic heterocycles. The normalized spacial score (nSPS) is 11.1. The van der Waals surface area contributed by atoms with Crippen molar-refractivity contribution in [2.75, 3.05) is 0 Å². The van der Waals surface area contributed by atoms with E-state index in [1.54, 1.807) is 36.0 Å². The molecule has 0 radical (unpaired) electrons. The van der Waals surface area contributed by atoms with Gasteiger partial charge in [0.15, 0.2) is 5.78 Å². The minimum Gasteiger partial charge on any atom is -0.294 e. The third kappa shape index (κ3) is 3.10. The molecule has 1 aromatic heterocycles. The van der Waals surface area contributed by atoms with Crippen LogP contribution in [0.3, 0.4) is 0 Å². The minimum absolute atomic E-state index is 0.0343. The van der Waals surface area contributed by atoms with Gasteiger partial charge in [-0.15, -0.1) is 0 Å². The van der Waals surface area contributed by atoms with Gasteiger partial charge in [-0.3, -0.25) is 14.2 Å². The number of benzene rings is 2. The third-order valence-electron chi connectivity index (χ3n) is 4.60. The van der Waals surface area contributed by atoms with Gasteiger partial charge in [0, 0.05) is 10.6 Å². The molecule has 4 nitrogen and oxygen atoms in total. The first-order chi connectivity index (χ1) is 11.8. The molecule has 0 spiro atoms. The fourth-order valence-corrected chi connectivity index (χ4v) is 3.60. The van der Waals surface area contributed by atoms with Crippen molar-refractivity contribution >= 4 is 28.3 Å². The number of ketones is 1. The Bertz CT molecular complexity index is 1070. The summed E-state index contributed by atoms with van der Waals surface area (Å²) < 4.78 is 1.56. The Morgan fingerprint density at radius 1 is 1.16 bits per heavy atom. The van der Waals surface area contributed by atoms with E-state index in [-0.39, 0.29) is 11.3 Å². The SMILES string of the molecule is CC(=O)c1c(C)cc(C)c(Cn2cnc3ccc(Cl)cc3c2=O)c1C. The highest BCUT2D eigenvalue weighted by atomic mass is 35.5. The van der Waals surface area contributed by atoms with E-state index in [0.29, 0.717) is 22.5 Å². The molecule has 3 rings (SSSR count). The van der Waals surface area contributed by atoms with Crippen LogP contribution in [0.25, 0.3) is 10.9 Å². The Kier molecular flexibility index (Phi) is 4.48. The lowest BCUT2D eigenvalue weighted by atomic mass is 9.91. The molecule has 0 bridgehead atoms. The molecule has 1 heterocycles. The van der Waals surface area contributed by atoms with Crippen LogP contribution in [0.15, 0.2) is 35.4 Å². The minimum atomic E-state index is -0.142. The highest BCUT2D eigenvalue weighted by Gasteiger charge is 2.15. The van der Waals surface area contributed by atoms with Crippen LogP contribution in [0.4, 0.5) is 0 Å². The van der Waals surface area contributed by atoms with Crippen molar-refractivity contribution in [2.45, 2.75) is 34.2 Å². The van der Waals surface area contributed by atoms with Crippen LogP contribution < -0.4 is 5.56 Å². The van der Waals surface area contributed by atoms with Crippen LogP contribution in [-0.4, -0.2) is 15.3 Å². The largest absolute Gasteiger partial charge is 0.294 e. The van der Waals surface area contributed by atoms with Crippen molar-refractivity contribution < 1.29 is 4.79 Å². The smallest absolute Gasteiger partial charge is 0.261 e. The van der Waals surface area contributed by atoms with Gasteiger partial charge in [-0.05, 0) is 68.1 Å². The summed E-state index contributed by atoms with van der Waals surface area (Å²) in [4.78, 5) is 29.1. The Labute approximate surface area is 151 Å². The van der Waals surface area contributed by atoms with E-state index in [0.717, 1.165) is 27.8 Å². The molecule has 0 N–H and O–H groups in total. The van der Waals surface area contributed by atoms with E-state index in [4.69, 9.17) is 11.6 Å². The first kappa shape index (κ1) is 17.4. The van der Waals surface area contributed by atoms with Gasteiger partial charge in [0.05, 0.1) is 23.8 Å². The number of carbonyl (C=O) groups is 1. The summed E-state index contributed by atoms with van der Waals surface area (Å²) in [6.45, 7) is 7.80. The molecule has 0 fully saturated rings. The number of hydrogen-bond donors (Lipinski definition) is 0. The van der Waals surface area contributed by atoms with Crippen LogP contribution in [0.2, 0.25) is 5.02 Å². The van der Waals surface area contributed by atoms with Crippen LogP contribution in [0.1, 0.15) is 39.5 Å². The topological polar surface area (TPSA) is 52.0 Å². The summed E-state index contributed by atoms with van der Waals surface area (Å²) in [5.74, 6) is 0.0343.